The van der Waals surface area contributed by atoms with E-state index in [1.807, 2.05) is 36.1 Å². The van der Waals surface area contributed by atoms with Crippen LogP contribution in [0, 0.1) is 30.5 Å². The number of carboxylic acids is 2. The molecule has 6 aromatic rings. The zero-order valence-corrected chi connectivity index (χ0v) is 67.0. The Balaban J connectivity index is 0.836. The number of nitrogens with zero attached hydrogens (tertiary/aromatic N) is 8. The first kappa shape index (κ1) is 92.0. The largest absolute Gasteiger partial charge is 0.491 e. The van der Waals surface area contributed by atoms with Gasteiger partial charge in [-0.3, -0.25) is 14.4 Å². The molecule has 6 amide bonds. The van der Waals surface area contributed by atoms with Crippen LogP contribution in [0.5, 0.6) is 5.75 Å². The lowest BCUT2D eigenvalue weighted by molar-refractivity contribution is -0.138. The number of primary amides is 1. The number of ether oxygens (including phenoxy) is 11. The standard InChI is InChI=1S/C76H105FN16O20S2/c1-50(2)65(79)70(97)84-60(15-8-23-82-72(80)100)69(96)83-56-20-19-53(54(45-56)46-91(5)76(102)113-49-55(78)47-92(81)26-29-104-31-33-106-35-37-108-39-41-110-43-42-109-40-38-107-36-34-105-32-30-103-28-22-64(94)95)48-112-75(101)90(4)24-9-12-52-18-21-61(58(77)44-52)111-27-11-17-63-66(71(98)99)86-74(115-63)93-25-10-13-57-51(3)67(88-89-68(57)93)87-73-85-59-14-6-7-16-62(59)114-73/h6-7,14,16,18-21,44-45,47,50,60,65H,8,10-11,13,15,17,22-43,46,48-49,78-79,81H2,1-5H3,(H,83,96)(H,84,97)(H,94,95)(H,98,99)(H3,80,82,100)(H,85,87,88)/b55-47-/t60-,65-/m0/s1. The minimum Gasteiger partial charge on any atom is -0.491 e. The van der Waals surface area contributed by atoms with Crippen LogP contribution in [0.1, 0.15) is 89.1 Å². The van der Waals surface area contributed by atoms with Crippen LogP contribution in [-0.4, -0.2) is 258 Å². The average molecular weight is 1650 g/mol. The number of fused-ring (bicyclic) bond motifs is 2. The molecule has 36 nitrogen and oxygen atoms in total. The fourth-order valence-corrected chi connectivity index (χ4v) is 12.8. The topological polar surface area (TPSA) is 478 Å². The number of hydrogen-bond acceptors (Lipinski definition) is 30. The van der Waals surface area contributed by atoms with E-state index >= 15 is 4.39 Å². The number of carbonyl (C=O) groups excluding carboxylic acids is 5. The zero-order chi connectivity index (χ0) is 82.9. The molecule has 1 aliphatic heterocycles. The maximum absolute atomic E-state index is 15.5. The number of nitrogens with two attached hydrogens (primary N) is 4. The summed E-state index contributed by atoms with van der Waals surface area (Å²) in [6.07, 6.45) is 2.27. The lowest BCUT2D eigenvalue weighted by Crippen LogP contribution is -2.51. The van der Waals surface area contributed by atoms with E-state index in [4.69, 9.17) is 80.3 Å². The predicted molar refractivity (Wildman–Crippen MR) is 425 cm³/mol. The Hall–Kier alpha value is -10.2. The fourth-order valence-electron chi connectivity index (χ4n) is 10.8. The zero-order valence-electron chi connectivity index (χ0n) is 65.3. The minimum absolute atomic E-state index is 0.0400. The summed E-state index contributed by atoms with van der Waals surface area (Å²) >= 11 is 2.77. The highest BCUT2D eigenvalue weighted by Crippen LogP contribution is 2.39. The van der Waals surface area contributed by atoms with Crippen molar-refractivity contribution in [3.05, 3.63) is 117 Å². The van der Waals surface area contributed by atoms with Gasteiger partial charge in [-0.1, -0.05) is 55.2 Å². The van der Waals surface area contributed by atoms with Gasteiger partial charge in [0.1, 0.15) is 19.3 Å². The lowest BCUT2D eigenvalue weighted by Gasteiger charge is -2.28. The fraction of sp³-hybridized carbons (Fsp3) is 0.513. The van der Waals surface area contributed by atoms with Gasteiger partial charge < -0.3 is 120 Å². The molecule has 1 aliphatic rings. The van der Waals surface area contributed by atoms with Gasteiger partial charge in [-0.25, -0.2) is 39.4 Å². The quantitative estimate of drug-likeness (QED) is 0.00885. The molecule has 0 saturated heterocycles. The molecular weight excluding hydrogens is 1540 g/mol. The van der Waals surface area contributed by atoms with Crippen LogP contribution < -0.4 is 53.9 Å². The Kier molecular flexibility index (Phi) is 40.1. The summed E-state index contributed by atoms with van der Waals surface area (Å²) in [6, 6.07) is 13.9. The van der Waals surface area contributed by atoms with E-state index in [1.54, 1.807) is 38.1 Å². The minimum atomic E-state index is -1.18. The van der Waals surface area contributed by atoms with E-state index in [-0.39, 0.29) is 114 Å². The molecule has 0 spiro atoms. The highest BCUT2D eigenvalue weighted by Gasteiger charge is 2.30. The van der Waals surface area contributed by atoms with Crippen LogP contribution in [-0.2, 0) is 87.7 Å². The van der Waals surface area contributed by atoms with Gasteiger partial charge in [0, 0.05) is 67.2 Å². The summed E-state index contributed by atoms with van der Waals surface area (Å²) in [7, 11) is 2.91. The number of aromatic carboxylic acids is 1. The van der Waals surface area contributed by atoms with Crippen molar-refractivity contribution in [3.8, 4) is 17.6 Å². The van der Waals surface area contributed by atoms with Crippen LogP contribution in [0.15, 0.2) is 72.6 Å². The maximum atomic E-state index is 15.5. The van der Waals surface area contributed by atoms with E-state index < -0.39 is 59.9 Å². The number of halogens is 1. The summed E-state index contributed by atoms with van der Waals surface area (Å²) in [5.41, 5.74) is 21.7. The molecule has 0 bridgehead atoms. The summed E-state index contributed by atoms with van der Waals surface area (Å²) < 4.78 is 77.2. The van der Waals surface area contributed by atoms with E-state index in [2.05, 4.69) is 53.3 Å². The van der Waals surface area contributed by atoms with Crippen molar-refractivity contribution in [1.29, 1.82) is 0 Å². The van der Waals surface area contributed by atoms with Gasteiger partial charge in [0.15, 0.2) is 39.2 Å². The Labute approximate surface area is 674 Å². The van der Waals surface area contributed by atoms with Crippen molar-refractivity contribution in [1.82, 2.24) is 45.6 Å². The molecule has 3 aromatic heterocycles. The molecule has 628 valence electrons. The molecule has 2 atom stereocenters. The Bertz CT molecular complexity index is 4170. The molecule has 0 saturated carbocycles. The Morgan fingerprint density at radius 1 is 0.739 bits per heavy atom. The smallest absolute Gasteiger partial charge is 0.410 e. The molecule has 3 aromatic carbocycles. The van der Waals surface area contributed by atoms with Crippen LogP contribution in [0.3, 0.4) is 0 Å². The van der Waals surface area contributed by atoms with Crippen LogP contribution in [0.2, 0.25) is 0 Å². The normalized spacial score (nSPS) is 12.5. The molecule has 39 heteroatoms. The van der Waals surface area contributed by atoms with Crippen molar-refractivity contribution < 1.29 is 100 Å². The monoisotopic (exact) mass is 1640 g/mol. The molecule has 14 N–H and O–H groups in total. The molecular formula is C76H105FN16O20S2. The number of thiazole rings is 2. The first-order valence-corrected chi connectivity index (χ1v) is 39.1. The van der Waals surface area contributed by atoms with E-state index in [1.165, 1.54) is 69.9 Å². The first-order valence-electron chi connectivity index (χ1n) is 37.4. The molecule has 0 aliphatic carbocycles. The van der Waals surface area contributed by atoms with Gasteiger partial charge in [0.25, 0.3) is 0 Å². The molecule has 4 heterocycles. The van der Waals surface area contributed by atoms with Crippen molar-refractivity contribution in [2.45, 2.75) is 91.0 Å². The van der Waals surface area contributed by atoms with Crippen LogP contribution >= 0.6 is 22.7 Å². The van der Waals surface area contributed by atoms with Gasteiger partial charge in [-0.2, -0.15) is 0 Å². The number of benzene rings is 3. The highest BCUT2D eigenvalue weighted by atomic mass is 32.1. The predicted octanol–water partition coefficient (Wildman–Crippen LogP) is 6.15. The SMILES string of the molecule is Cc1c(Nc2nc3ccccc3s2)nnc2c1CCCN2c1nc(C(=O)O)c(CCCOc2ccc(C#CCN(C)C(=O)OCc3ccc(NC(=O)[C@H](CCCNC(N)=O)NC(=O)[C@@H](N)C(C)C)cc3CN(C)C(=O)OC/C(N)=C/N(N)CCOCCOCCOCCOCCOCCOCCOCCOCCC(=O)O)cc2F)s1. The van der Waals surface area contributed by atoms with Crippen molar-refractivity contribution in [3.63, 3.8) is 0 Å². The van der Waals surface area contributed by atoms with Crippen molar-refractivity contribution in [2.75, 3.05) is 175 Å². The number of carboxylic acid groups (broad SMARTS) is 2. The number of urea groups is 1. The van der Waals surface area contributed by atoms with Crippen molar-refractivity contribution in [2.24, 2.45) is 29.0 Å². The van der Waals surface area contributed by atoms with E-state index in [0.717, 1.165) is 34.2 Å². The number of nitrogens with one attached hydrogen (secondary N) is 4. The van der Waals surface area contributed by atoms with Gasteiger partial charge >= 0.3 is 30.2 Å². The average Bonchev–Trinajstić information content (AvgIpc) is 1.71. The number of anilines is 5. The summed E-state index contributed by atoms with van der Waals surface area (Å²) in [5, 5.41) is 41.6. The van der Waals surface area contributed by atoms with Crippen LogP contribution in [0.25, 0.3) is 10.2 Å². The number of para-hydroxylation sites is 1. The Morgan fingerprint density at radius 2 is 1.38 bits per heavy atom. The second-order valence-electron chi connectivity index (χ2n) is 26.4. The number of carbonyl (C=O) groups is 7. The number of hydrazine groups is 1. The molecule has 0 radical (unpaired) electrons. The van der Waals surface area contributed by atoms with E-state index in [9.17, 15) is 38.7 Å². The number of amides is 6. The molecule has 115 heavy (non-hydrogen) atoms. The number of aryl methyl sites for hydroxylation is 1. The van der Waals surface area contributed by atoms with Crippen LogP contribution in [0.4, 0.5) is 46.4 Å². The van der Waals surface area contributed by atoms with Gasteiger partial charge in [0.05, 0.1) is 154 Å². The van der Waals surface area contributed by atoms with Gasteiger partial charge in [-0.05, 0) is 105 Å². The van der Waals surface area contributed by atoms with Crippen molar-refractivity contribution >= 4 is 102 Å². The van der Waals surface area contributed by atoms with E-state index in [0.29, 0.717) is 149 Å². The first-order chi connectivity index (χ1) is 55.4. The second-order valence-corrected chi connectivity index (χ2v) is 28.5. The third-order valence-corrected chi connectivity index (χ3v) is 19.1. The summed E-state index contributed by atoms with van der Waals surface area (Å²) in [6.45, 7) is 11.0. The third kappa shape index (κ3) is 32.9. The number of aliphatic carboxylic acids is 1. The highest BCUT2D eigenvalue weighted by molar-refractivity contribution is 7.22. The van der Waals surface area contributed by atoms with Gasteiger partial charge in [0.2, 0.25) is 11.8 Å². The molecule has 0 fully saturated rings. The third-order valence-electron chi connectivity index (χ3n) is 17.0. The summed E-state index contributed by atoms with van der Waals surface area (Å²) in [4.78, 5) is 102. The molecule has 7 rings (SSSR count). The second kappa shape index (κ2) is 50.2. The number of aromatic nitrogens is 4. The van der Waals surface area contributed by atoms with Gasteiger partial charge in [-0.15, -0.1) is 21.5 Å². The lowest BCUT2D eigenvalue weighted by atomic mass is 10.0. The molecule has 0 unspecified atom stereocenters. The Morgan fingerprint density at radius 3 is 2.01 bits per heavy atom. The summed E-state index contributed by atoms with van der Waals surface area (Å²) in [5.74, 6) is 8.78. The number of hydrogen-bond donors (Lipinski definition) is 10. The number of rotatable bonds is 53. The maximum Gasteiger partial charge on any atom is 0.410 e.